The van der Waals surface area contributed by atoms with E-state index in [0.29, 0.717) is 6.04 Å². The monoisotopic (exact) mass is 209 g/mol. The SMILES string of the molecule is CC(C)N1CCc2cc(Cl)ccc2C1. The molecule has 1 heterocycles. The summed E-state index contributed by atoms with van der Waals surface area (Å²) in [6, 6.07) is 6.89. The molecule has 0 radical (unpaired) electrons. The fourth-order valence-corrected chi connectivity index (χ4v) is 2.18. The highest BCUT2D eigenvalue weighted by atomic mass is 35.5. The van der Waals surface area contributed by atoms with E-state index in [1.807, 2.05) is 6.07 Å². The second-order valence-corrected chi connectivity index (χ2v) is 4.66. The van der Waals surface area contributed by atoms with Crippen molar-refractivity contribution in [3.8, 4) is 0 Å². The maximum Gasteiger partial charge on any atom is 0.0408 e. The van der Waals surface area contributed by atoms with Crippen LogP contribution in [0.5, 0.6) is 0 Å². The second kappa shape index (κ2) is 3.92. The van der Waals surface area contributed by atoms with Gasteiger partial charge >= 0.3 is 0 Å². The van der Waals surface area contributed by atoms with Gasteiger partial charge in [0.25, 0.3) is 0 Å². The third-order valence-electron chi connectivity index (χ3n) is 2.94. The summed E-state index contributed by atoms with van der Waals surface area (Å²) in [5, 5.41) is 0.863. The van der Waals surface area contributed by atoms with E-state index >= 15 is 0 Å². The topological polar surface area (TPSA) is 3.24 Å². The van der Waals surface area contributed by atoms with Crippen LogP contribution in [0.3, 0.4) is 0 Å². The van der Waals surface area contributed by atoms with Crippen LogP contribution < -0.4 is 0 Å². The molecule has 0 bridgehead atoms. The van der Waals surface area contributed by atoms with Gasteiger partial charge in [-0.05, 0) is 43.5 Å². The van der Waals surface area contributed by atoms with Gasteiger partial charge in [-0.25, -0.2) is 0 Å². The molecule has 76 valence electrons. The average Bonchev–Trinajstić information content (AvgIpc) is 2.16. The van der Waals surface area contributed by atoms with Crippen LogP contribution >= 0.6 is 11.6 Å². The molecule has 0 spiro atoms. The van der Waals surface area contributed by atoms with Gasteiger partial charge in [-0.3, -0.25) is 4.90 Å². The first-order valence-electron chi connectivity index (χ1n) is 5.18. The van der Waals surface area contributed by atoms with E-state index in [4.69, 9.17) is 11.6 Å². The van der Waals surface area contributed by atoms with E-state index in [9.17, 15) is 0 Å². The van der Waals surface area contributed by atoms with Gasteiger partial charge in [0.15, 0.2) is 0 Å². The zero-order valence-corrected chi connectivity index (χ0v) is 9.51. The molecule has 0 saturated heterocycles. The molecule has 0 aliphatic carbocycles. The number of nitrogens with zero attached hydrogens (tertiary/aromatic N) is 1. The highest BCUT2D eigenvalue weighted by Gasteiger charge is 2.17. The van der Waals surface area contributed by atoms with Crippen molar-refractivity contribution in [1.82, 2.24) is 4.90 Å². The summed E-state index contributed by atoms with van der Waals surface area (Å²) in [6.07, 6.45) is 1.13. The molecule has 0 N–H and O–H groups in total. The Labute approximate surface area is 90.7 Å². The Morgan fingerprint density at radius 2 is 2.07 bits per heavy atom. The van der Waals surface area contributed by atoms with E-state index in [-0.39, 0.29) is 0 Å². The molecular weight excluding hydrogens is 194 g/mol. The molecule has 2 rings (SSSR count). The normalized spacial score (nSPS) is 17.1. The van der Waals surface area contributed by atoms with E-state index in [1.54, 1.807) is 0 Å². The summed E-state index contributed by atoms with van der Waals surface area (Å²) in [6.45, 7) is 6.73. The zero-order chi connectivity index (χ0) is 10.1. The smallest absolute Gasteiger partial charge is 0.0408 e. The van der Waals surface area contributed by atoms with Crippen LogP contribution in [0.15, 0.2) is 18.2 Å². The molecule has 1 aromatic carbocycles. The Morgan fingerprint density at radius 1 is 1.29 bits per heavy atom. The van der Waals surface area contributed by atoms with Crippen molar-refractivity contribution in [2.75, 3.05) is 6.54 Å². The van der Waals surface area contributed by atoms with Crippen molar-refractivity contribution in [2.24, 2.45) is 0 Å². The first-order valence-corrected chi connectivity index (χ1v) is 5.56. The van der Waals surface area contributed by atoms with Crippen molar-refractivity contribution in [2.45, 2.75) is 32.9 Å². The lowest BCUT2D eigenvalue weighted by Gasteiger charge is -2.31. The van der Waals surface area contributed by atoms with Crippen molar-refractivity contribution in [3.63, 3.8) is 0 Å². The summed E-state index contributed by atoms with van der Waals surface area (Å²) in [7, 11) is 0. The lowest BCUT2D eigenvalue weighted by atomic mass is 9.99. The Bertz CT molecular complexity index is 333. The first-order chi connectivity index (χ1) is 6.66. The second-order valence-electron chi connectivity index (χ2n) is 4.23. The molecule has 0 saturated carbocycles. The minimum absolute atomic E-state index is 0.638. The standard InChI is InChI=1S/C12H16ClN/c1-9(2)14-6-5-10-7-12(13)4-3-11(10)8-14/h3-4,7,9H,5-6,8H2,1-2H3. The molecule has 0 unspecified atom stereocenters. The summed E-state index contributed by atoms with van der Waals surface area (Å²) >= 11 is 5.96. The Morgan fingerprint density at radius 3 is 2.79 bits per heavy atom. The Hall–Kier alpha value is -0.530. The summed E-state index contributed by atoms with van der Waals surface area (Å²) in [5.74, 6) is 0. The zero-order valence-electron chi connectivity index (χ0n) is 8.76. The maximum atomic E-state index is 5.96. The quantitative estimate of drug-likeness (QED) is 0.687. The van der Waals surface area contributed by atoms with E-state index < -0.39 is 0 Å². The predicted octanol–water partition coefficient (Wildman–Crippen LogP) is 3.11. The van der Waals surface area contributed by atoms with Crippen LogP contribution in [0.2, 0.25) is 5.02 Å². The Balaban J connectivity index is 2.23. The minimum atomic E-state index is 0.638. The van der Waals surface area contributed by atoms with Crippen molar-refractivity contribution >= 4 is 11.6 Å². The maximum absolute atomic E-state index is 5.96. The van der Waals surface area contributed by atoms with Gasteiger partial charge in [0.1, 0.15) is 0 Å². The van der Waals surface area contributed by atoms with Crippen LogP contribution in [0, 0.1) is 0 Å². The largest absolute Gasteiger partial charge is 0.296 e. The lowest BCUT2D eigenvalue weighted by Crippen LogP contribution is -2.35. The third kappa shape index (κ3) is 1.94. The number of rotatable bonds is 1. The molecule has 14 heavy (non-hydrogen) atoms. The van der Waals surface area contributed by atoms with Crippen LogP contribution in [0.4, 0.5) is 0 Å². The number of hydrogen-bond acceptors (Lipinski definition) is 1. The van der Waals surface area contributed by atoms with Crippen molar-refractivity contribution in [3.05, 3.63) is 34.3 Å². The van der Waals surface area contributed by atoms with E-state index in [2.05, 4.69) is 30.9 Å². The summed E-state index contributed by atoms with van der Waals surface area (Å²) in [4.78, 5) is 2.50. The number of halogens is 1. The van der Waals surface area contributed by atoms with Gasteiger partial charge in [0.05, 0.1) is 0 Å². The predicted molar refractivity (Wildman–Crippen MR) is 60.7 cm³/mol. The fraction of sp³-hybridized carbons (Fsp3) is 0.500. The molecule has 0 aromatic heterocycles. The van der Waals surface area contributed by atoms with E-state index in [0.717, 1.165) is 24.5 Å². The average molecular weight is 210 g/mol. The molecule has 0 fully saturated rings. The van der Waals surface area contributed by atoms with Gasteiger partial charge in [0, 0.05) is 24.2 Å². The number of hydrogen-bond donors (Lipinski definition) is 0. The van der Waals surface area contributed by atoms with Gasteiger partial charge in [-0.2, -0.15) is 0 Å². The molecule has 1 nitrogen and oxygen atoms in total. The molecule has 2 heteroatoms. The van der Waals surface area contributed by atoms with Gasteiger partial charge in [-0.1, -0.05) is 17.7 Å². The molecule has 0 amide bonds. The van der Waals surface area contributed by atoms with E-state index in [1.165, 1.54) is 11.1 Å². The van der Waals surface area contributed by atoms with Gasteiger partial charge < -0.3 is 0 Å². The van der Waals surface area contributed by atoms with Crippen LogP contribution in [-0.4, -0.2) is 17.5 Å². The number of fused-ring (bicyclic) bond motifs is 1. The minimum Gasteiger partial charge on any atom is -0.296 e. The molecular formula is C12H16ClN. The van der Waals surface area contributed by atoms with Gasteiger partial charge in [0.2, 0.25) is 0 Å². The van der Waals surface area contributed by atoms with Crippen molar-refractivity contribution < 1.29 is 0 Å². The van der Waals surface area contributed by atoms with Crippen LogP contribution in [-0.2, 0) is 13.0 Å². The summed E-state index contributed by atoms with van der Waals surface area (Å²) < 4.78 is 0. The number of benzene rings is 1. The third-order valence-corrected chi connectivity index (χ3v) is 3.18. The lowest BCUT2D eigenvalue weighted by molar-refractivity contribution is 0.203. The molecule has 1 aliphatic rings. The van der Waals surface area contributed by atoms with Gasteiger partial charge in [-0.15, -0.1) is 0 Å². The first kappa shape index (κ1) is 10.0. The molecule has 1 aromatic rings. The Kier molecular flexibility index (Phi) is 2.80. The fourth-order valence-electron chi connectivity index (χ4n) is 1.98. The summed E-state index contributed by atoms with van der Waals surface area (Å²) in [5.41, 5.74) is 2.86. The molecule has 1 aliphatic heterocycles. The highest BCUT2D eigenvalue weighted by molar-refractivity contribution is 6.30. The van der Waals surface area contributed by atoms with Crippen LogP contribution in [0.25, 0.3) is 0 Å². The molecule has 0 atom stereocenters. The van der Waals surface area contributed by atoms with Crippen LogP contribution in [0.1, 0.15) is 25.0 Å². The van der Waals surface area contributed by atoms with Crippen molar-refractivity contribution in [1.29, 1.82) is 0 Å². The highest BCUT2D eigenvalue weighted by Crippen LogP contribution is 2.23.